The van der Waals surface area contributed by atoms with Crippen molar-refractivity contribution in [2.45, 2.75) is 12.4 Å². The molecule has 0 saturated heterocycles. The van der Waals surface area contributed by atoms with Gasteiger partial charge in [0, 0.05) is 61.2 Å². The summed E-state index contributed by atoms with van der Waals surface area (Å²) in [5.41, 5.74) is 5.17. The van der Waals surface area contributed by atoms with E-state index in [4.69, 9.17) is 24.4 Å². The standard InChI is InChI=1S/C52H29F6N5O/c53-51(54,55)33-18-22-43-39(27-33)40-28-34(52(56,57)58)19-23-44(40)63(43)35-20-21-38(50-61-48(30-10-3-1-4-11-30)60-49(62-50)31-12-5-2-6-13-31)42(29-35)47-36(15-9-25-59-47)32-17-24-46-41(26-32)37-14-7-8-16-45(37)64-46/h1-29H. The van der Waals surface area contributed by atoms with Gasteiger partial charge in [-0.25, -0.2) is 15.0 Å². The van der Waals surface area contributed by atoms with Crippen molar-refractivity contribution < 1.29 is 30.8 Å². The van der Waals surface area contributed by atoms with Crippen LogP contribution in [0.5, 0.6) is 0 Å². The monoisotopic (exact) mass is 853 g/mol. The summed E-state index contributed by atoms with van der Waals surface area (Å²) in [7, 11) is 0. The van der Waals surface area contributed by atoms with Gasteiger partial charge in [0.2, 0.25) is 0 Å². The van der Waals surface area contributed by atoms with Gasteiger partial charge in [-0.1, -0.05) is 91.0 Å². The molecule has 6 nitrogen and oxygen atoms in total. The molecule has 64 heavy (non-hydrogen) atoms. The lowest BCUT2D eigenvalue weighted by atomic mass is 9.94. The van der Waals surface area contributed by atoms with E-state index < -0.39 is 23.5 Å². The molecule has 0 amide bonds. The Morgan fingerprint density at radius 1 is 0.406 bits per heavy atom. The second kappa shape index (κ2) is 14.8. The molecule has 0 aliphatic rings. The first kappa shape index (κ1) is 38.8. The topological polar surface area (TPSA) is 69.6 Å². The lowest BCUT2D eigenvalue weighted by Gasteiger charge is -2.17. The van der Waals surface area contributed by atoms with E-state index in [1.54, 1.807) is 22.9 Å². The first-order chi connectivity index (χ1) is 31.0. The molecule has 11 aromatic rings. The van der Waals surface area contributed by atoms with E-state index in [2.05, 4.69) is 0 Å². The highest BCUT2D eigenvalue weighted by Crippen LogP contribution is 2.43. The lowest BCUT2D eigenvalue weighted by Crippen LogP contribution is -2.04. The summed E-state index contributed by atoms with van der Waals surface area (Å²) in [4.78, 5) is 19.9. The van der Waals surface area contributed by atoms with Crippen LogP contribution < -0.4 is 0 Å². The molecule has 11 rings (SSSR count). The average molecular weight is 854 g/mol. The van der Waals surface area contributed by atoms with E-state index in [0.717, 1.165) is 62.9 Å². The highest BCUT2D eigenvalue weighted by Gasteiger charge is 2.33. The smallest absolute Gasteiger partial charge is 0.416 e. The molecule has 4 aromatic heterocycles. The third kappa shape index (κ3) is 6.71. The van der Waals surface area contributed by atoms with Crippen molar-refractivity contribution >= 4 is 43.7 Å². The number of nitrogens with zero attached hydrogens (tertiary/aromatic N) is 5. The van der Waals surface area contributed by atoms with Gasteiger partial charge in [-0.2, -0.15) is 26.3 Å². The minimum atomic E-state index is -4.73. The molecule has 7 aromatic carbocycles. The quantitative estimate of drug-likeness (QED) is 0.156. The van der Waals surface area contributed by atoms with Crippen LogP contribution in [0, 0.1) is 0 Å². The number of fused-ring (bicyclic) bond motifs is 6. The van der Waals surface area contributed by atoms with Crippen LogP contribution in [0.3, 0.4) is 0 Å². The number of para-hydroxylation sites is 1. The number of furan rings is 1. The van der Waals surface area contributed by atoms with Crippen LogP contribution in [-0.4, -0.2) is 24.5 Å². The van der Waals surface area contributed by atoms with Gasteiger partial charge in [0.05, 0.1) is 27.9 Å². The van der Waals surface area contributed by atoms with E-state index in [9.17, 15) is 26.3 Å². The maximum atomic E-state index is 14.1. The van der Waals surface area contributed by atoms with Crippen molar-refractivity contribution in [3.63, 3.8) is 0 Å². The molecular weight excluding hydrogens is 825 g/mol. The van der Waals surface area contributed by atoms with Crippen LogP contribution in [0.4, 0.5) is 26.3 Å². The van der Waals surface area contributed by atoms with Gasteiger partial charge in [0.1, 0.15) is 11.2 Å². The number of aromatic nitrogens is 5. The highest BCUT2D eigenvalue weighted by molar-refractivity contribution is 6.10. The van der Waals surface area contributed by atoms with Crippen LogP contribution in [0.25, 0.3) is 106 Å². The predicted octanol–water partition coefficient (Wildman–Crippen LogP) is 14.6. The summed E-state index contributed by atoms with van der Waals surface area (Å²) >= 11 is 0. The van der Waals surface area contributed by atoms with Gasteiger partial charge in [-0.15, -0.1) is 0 Å². The van der Waals surface area contributed by atoms with E-state index in [1.807, 2.05) is 121 Å². The fraction of sp³-hybridized carbons (Fsp3) is 0.0385. The van der Waals surface area contributed by atoms with Gasteiger partial charge >= 0.3 is 12.4 Å². The molecule has 0 saturated carbocycles. The molecule has 0 aliphatic carbocycles. The Kier molecular flexibility index (Phi) is 8.95. The molecule has 0 spiro atoms. The van der Waals surface area contributed by atoms with Crippen LogP contribution >= 0.6 is 0 Å². The number of rotatable bonds is 6. The number of hydrogen-bond acceptors (Lipinski definition) is 5. The van der Waals surface area contributed by atoms with Gasteiger partial charge < -0.3 is 8.98 Å². The zero-order valence-electron chi connectivity index (χ0n) is 33.2. The molecule has 0 atom stereocenters. The molecule has 0 radical (unpaired) electrons. The van der Waals surface area contributed by atoms with Crippen molar-refractivity contribution in [3.8, 4) is 62.2 Å². The molecule has 310 valence electrons. The van der Waals surface area contributed by atoms with Crippen molar-refractivity contribution in [2.24, 2.45) is 0 Å². The van der Waals surface area contributed by atoms with Crippen molar-refractivity contribution in [1.29, 1.82) is 0 Å². The van der Waals surface area contributed by atoms with Crippen LogP contribution in [0.2, 0.25) is 0 Å². The van der Waals surface area contributed by atoms with Gasteiger partial charge in [0.25, 0.3) is 0 Å². The second-order valence-corrected chi connectivity index (χ2v) is 15.3. The van der Waals surface area contributed by atoms with Crippen molar-refractivity contribution in [1.82, 2.24) is 24.5 Å². The molecule has 12 heteroatoms. The number of benzene rings is 7. The summed E-state index contributed by atoms with van der Waals surface area (Å²) in [6.45, 7) is 0. The van der Waals surface area contributed by atoms with Gasteiger partial charge in [0.15, 0.2) is 17.5 Å². The van der Waals surface area contributed by atoms with E-state index in [1.165, 1.54) is 12.1 Å². The normalized spacial score (nSPS) is 12.2. The molecular formula is C52H29F6N5O. The zero-order chi connectivity index (χ0) is 43.7. The van der Waals surface area contributed by atoms with E-state index in [0.29, 0.717) is 45.6 Å². The Morgan fingerprint density at radius 3 is 1.61 bits per heavy atom. The third-order valence-electron chi connectivity index (χ3n) is 11.4. The first-order valence-electron chi connectivity index (χ1n) is 20.1. The SMILES string of the molecule is FC(F)(F)c1ccc2c(c1)c1cc(C(F)(F)F)ccc1n2-c1ccc(-c2nc(-c3ccccc3)nc(-c3ccccc3)n2)c(-c2ncccc2-c2ccc3oc4ccccc4c3c2)c1. The average Bonchev–Trinajstić information content (AvgIpc) is 3.86. The zero-order valence-corrected chi connectivity index (χ0v) is 33.2. The highest BCUT2D eigenvalue weighted by atomic mass is 19.4. The van der Waals surface area contributed by atoms with E-state index in [-0.39, 0.29) is 21.8 Å². The summed E-state index contributed by atoms with van der Waals surface area (Å²) in [6, 6.07) is 48.0. The third-order valence-corrected chi connectivity index (χ3v) is 11.4. The minimum Gasteiger partial charge on any atom is -0.456 e. The lowest BCUT2D eigenvalue weighted by molar-refractivity contribution is -0.138. The molecule has 0 fully saturated rings. The number of pyridine rings is 1. The fourth-order valence-corrected chi connectivity index (χ4v) is 8.39. The predicted molar refractivity (Wildman–Crippen MR) is 236 cm³/mol. The molecule has 0 aliphatic heterocycles. The van der Waals surface area contributed by atoms with Crippen molar-refractivity contribution in [3.05, 3.63) is 187 Å². The largest absolute Gasteiger partial charge is 0.456 e. The molecule has 0 N–H and O–H groups in total. The van der Waals surface area contributed by atoms with Crippen LogP contribution in [0.15, 0.2) is 180 Å². The molecule has 0 unspecified atom stereocenters. The fourth-order valence-electron chi connectivity index (χ4n) is 8.39. The number of hydrogen-bond donors (Lipinski definition) is 0. The Hall–Kier alpha value is -8.12. The number of alkyl halides is 6. The Balaban J connectivity index is 1.20. The Labute approximate surface area is 359 Å². The number of halogens is 6. The van der Waals surface area contributed by atoms with Gasteiger partial charge in [-0.05, 0) is 84.4 Å². The molecule has 0 bridgehead atoms. The van der Waals surface area contributed by atoms with E-state index >= 15 is 0 Å². The first-order valence-corrected chi connectivity index (χ1v) is 20.1. The molecule has 4 heterocycles. The Morgan fingerprint density at radius 2 is 0.984 bits per heavy atom. The maximum absolute atomic E-state index is 14.1. The summed E-state index contributed by atoms with van der Waals surface area (Å²) in [6.07, 6.45) is -7.80. The minimum absolute atomic E-state index is 0.0122. The Bertz CT molecular complexity index is 3470. The summed E-state index contributed by atoms with van der Waals surface area (Å²) in [5.74, 6) is 1.15. The van der Waals surface area contributed by atoms with Crippen LogP contribution in [-0.2, 0) is 12.4 Å². The van der Waals surface area contributed by atoms with Crippen molar-refractivity contribution in [2.75, 3.05) is 0 Å². The summed E-state index contributed by atoms with van der Waals surface area (Å²) in [5, 5.41) is 1.86. The van der Waals surface area contributed by atoms with Crippen LogP contribution in [0.1, 0.15) is 11.1 Å². The second-order valence-electron chi connectivity index (χ2n) is 15.3. The van der Waals surface area contributed by atoms with Gasteiger partial charge in [-0.3, -0.25) is 4.98 Å². The maximum Gasteiger partial charge on any atom is 0.416 e. The summed E-state index contributed by atoms with van der Waals surface area (Å²) < 4.78 is 92.7.